The maximum atomic E-state index is 12.3. The highest BCUT2D eigenvalue weighted by atomic mass is 35.5. The van der Waals surface area contributed by atoms with Crippen molar-refractivity contribution >= 4 is 41.6 Å². The number of allylic oxidation sites excluding steroid dienone is 1. The fraction of sp³-hybridized carbons (Fsp3) is 0.120. The Morgan fingerprint density at radius 3 is 2.69 bits per heavy atom. The standard InChI is InChI=1S/C25H22ClN5O3S/c1-2-33-22-13-11-20(12-14-22)31-24(18-7-9-19(26)10-8-18)29-30-25(31)35-17-23(32)28-27-15-3-5-21-6-4-16-34-21/h3-16H,2,17H2,1H3,(H,28,32)/b5-3+,27-15-. The second-order valence-electron chi connectivity index (χ2n) is 7.05. The zero-order valence-electron chi connectivity index (χ0n) is 18.8. The van der Waals surface area contributed by atoms with Crippen LogP contribution in [0.25, 0.3) is 23.2 Å². The first kappa shape index (κ1) is 24.3. The largest absolute Gasteiger partial charge is 0.494 e. The summed E-state index contributed by atoms with van der Waals surface area (Å²) in [4.78, 5) is 12.3. The summed E-state index contributed by atoms with van der Waals surface area (Å²) in [5.74, 6) is 1.93. The number of amides is 1. The van der Waals surface area contributed by atoms with Crippen molar-refractivity contribution in [1.82, 2.24) is 20.2 Å². The molecule has 1 amide bonds. The average Bonchev–Trinajstić information content (AvgIpc) is 3.54. The molecule has 0 fully saturated rings. The van der Waals surface area contributed by atoms with Crippen molar-refractivity contribution in [3.8, 4) is 22.8 Å². The number of carbonyl (C=O) groups excluding carboxylic acids is 1. The lowest BCUT2D eigenvalue weighted by Crippen LogP contribution is -2.19. The van der Waals surface area contributed by atoms with Crippen LogP contribution < -0.4 is 10.2 Å². The molecule has 4 rings (SSSR count). The van der Waals surface area contributed by atoms with E-state index in [1.165, 1.54) is 18.0 Å². The van der Waals surface area contributed by atoms with Crippen LogP contribution >= 0.6 is 23.4 Å². The number of hydrazone groups is 1. The zero-order chi connectivity index (χ0) is 24.5. The van der Waals surface area contributed by atoms with Crippen molar-refractivity contribution in [2.45, 2.75) is 12.1 Å². The van der Waals surface area contributed by atoms with Crippen LogP contribution in [0.5, 0.6) is 5.75 Å². The molecule has 0 saturated heterocycles. The summed E-state index contributed by atoms with van der Waals surface area (Å²) >= 11 is 7.31. The highest BCUT2D eigenvalue weighted by Crippen LogP contribution is 2.29. The molecule has 2 aromatic heterocycles. The minimum atomic E-state index is -0.271. The lowest BCUT2D eigenvalue weighted by molar-refractivity contribution is -0.118. The number of rotatable bonds is 10. The average molecular weight is 508 g/mol. The molecule has 8 nitrogen and oxygen atoms in total. The Morgan fingerprint density at radius 2 is 1.97 bits per heavy atom. The molecular weight excluding hydrogens is 486 g/mol. The number of furan rings is 1. The molecule has 10 heteroatoms. The second-order valence-corrected chi connectivity index (χ2v) is 8.43. The van der Waals surface area contributed by atoms with Gasteiger partial charge in [-0.25, -0.2) is 5.43 Å². The minimum absolute atomic E-state index is 0.106. The van der Waals surface area contributed by atoms with E-state index in [9.17, 15) is 4.79 Å². The molecule has 0 aliphatic carbocycles. The Morgan fingerprint density at radius 1 is 1.17 bits per heavy atom. The molecule has 4 aromatic rings. The van der Waals surface area contributed by atoms with Crippen LogP contribution in [-0.2, 0) is 4.79 Å². The first-order chi connectivity index (χ1) is 17.1. The number of nitrogens with zero attached hydrogens (tertiary/aromatic N) is 4. The van der Waals surface area contributed by atoms with E-state index < -0.39 is 0 Å². The number of hydrogen-bond donors (Lipinski definition) is 1. The van der Waals surface area contributed by atoms with Crippen LogP contribution in [-0.4, -0.2) is 39.2 Å². The SMILES string of the molecule is CCOc1ccc(-n2c(SCC(=O)N/N=C\C=C\c3ccco3)nnc2-c2ccc(Cl)cc2)cc1. The lowest BCUT2D eigenvalue weighted by Gasteiger charge is -2.11. The highest BCUT2D eigenvalue weighted by Gasteiger charge is 2.17. The van der Waals surface area contributed by atoms with Gasteiger partial charge in [-0.15, -0.1) is 10.2 Å². The van der Waals surface area contributed by atoms with Crippen molar-refractivity contribution in [3.63, 3.8) is 0 Å². The molecule has 35 heavy (non-hydrogen) atoms. The van der Waals surface area contributed by atoms with E-state index in [1.54, 1.807) is 36.6 Å². The van der Waals surface area contributed by atoms with E-state index in [4.69, 9.17) is 20.8 Å². The van der Waals surface area contributed by atoms with Crippen LogP contribution in [0, 0.1) is 0 Å². The zero-order valence-corrected chi connectivity index (χ0v) is 20.4. The monoisotopic (exact) mass is 507 g/mol. The van der Waals surface area contributed by atoms with Crippen molar-refractivity contribution in [2.75, 3.05) is 12.4 Å². The molecule has 2 aromatic carbocycles. The number of benzene rings is 2. The maximum Gasteiger partial charge on any atom is 0.250 e. The van der Waals surface area contributed by atoms with Crippen molar-refractivity contribution in [1.29, 1.82) is 0 Å². The summed E-state index contributed by atoms with van der Waals surface area (Å²) in [6.07, 6.45) is 6.47. The number of nitrogens with one attached hydrogen (secondary N) is 1. The third-order valence-corrected chi connectivity index (χ3v) is 5.81. The smallest absolute Gasteiger partial charge is 0.250 e. The molecule has 0 unspecified atom stereocenters. The molecular formula is C25H22ClN5O3S. The Balaban J connectivity index is 1.48. The number of hydrogen-bond acceptors (Lipinski definition) is 7. The highest BCUT2D eigenvalue weighted by molar-refractivity contribution is 7.99. The van der Waals surface area contributed by atoms with Gasteiger partial charge in [0.25, 0.3) is 5.91 Å². The van der Waals surface area contributed by atoms with Gasteiger partial charge >= 0.3 is 0 Å². The van der Waals surface area contributed by atoms with Gasteiger partial charge in [0.15, 0.2) is 11.0 Å². The summed E-state index contributed by atoms with van der Waals surface area (Å²) in [6, 6.07) is 18.6. The van der Waals surface area contributed by atoms with Crippen LogP contribution in [0.2, 0.25) is 5.02 Å². The second kappa shape index (κ2) is 12.0. The lowest BCUT2D eigenvalue weighted by atomic mass is 10.2. The van der Waals surface area contributed by atoms with Gasteiger partial charge in [-0.2, -0.15) is 5.10 Å². The summed E-state index contributed by atoms with van der Waals surface area (Å²) < 4.78 is 12.6. The molecule has 0 bridgehead atoms. The molecule has 2 heterocycles. The fourth-order valence-corrected chi connectivity index (χ4v) is 3.95. The first-order valence-electron chi connectivity index (χ1n) is 10.7. The summed E-state index contributed by atoms with van der Waals surface area (Å²) in [5, 5.41) is 13.8. The van der Waals surface area contributed by atoms with Gasteiger partial charge in [-0.05, 0) is 79.7 Å². The van der Waals surface area contributed by atoms with Crippen LogP contribution in [0.15, 0.2) is 87.7 Å². The predicted molar refractivity (Wildman–Crippen MR) is 138 cm³/mol. The third-order valence-electron chi connectivity index (χ3n) is 4.63. The van der Waals surface area contributed by atoms with E-state index in [-0.39, 0.29) is 11.7 Å². The number of thioether (sulfide) groups is 1. The van der Waals surface area contributed by atoms with Gasteiger partial charge in [0, 0.05) is 22.5 Å². The van der Waals surface area contributed by atoms with Crippen LogP contribution in [0.1, 0.15) is 12.7 Å². The van der Waals surface area contributed by atoms with Crippen molar-refractivity contribution < 1.29 is 13.9 Å². The molecule has 0 spiro atoms. The van der Waals surface area contributed by atoms with E-state index in [2.05, 4.69) is 20.7 Å². The number of aromatic nitrogens is 3. The summed E-state index contributed by atoms with van der Waals surface area (Å²) in [5.41, 5.74) is 4.19. The van der Waals surface area contributed by atoms with Crippen LogP contribution in [0.4, 0.5) is 0 Å². The molecule has 0 radical (unpaired) electrons. The Labute approximate surface area is 211 Å². The Kier molecular flexibility index (Phi) is 8.37. The number of ether oxygens (including phenoxy) is 1. The molecule has 0 saturated carbocycles. The molecule has 1 N–H and O–H groups in total. The van der Waals surface area contributed by atoms with Gasteiger partial charge in [-0.1, -0.05) is 23.4 Å². The number of halogens is 1. The van der Waals surface area contributed by atoms with Gasteiger partial charge < -0.3 is 9.15 Å². The van der Waals surface area contributed by atoms with Gasteiger partial charge in [0.1, 0.15) is 11.5 Å². The predicted octanol–water partition coefficient (Wildman–Crippen LogP) is 5.49. The maximum absolute atomic E-state index is 12.3. The van der Waals surface area contributed by atoms with Crippen LogP contribution in [0.3, 0.4) is 0 Å². The Hall–Kier alpha value is -3.82. The molecule has 178 valence electrons. The van der Waals surface area contributed by atoms with E-state index >= 15 is 0 Å². The van der Waals surface area contributed by atoms with E-state index in [0.717, 1.165) is 17.0 Å². The third kappa shape index (κ3) is 6.62. The van der Waals surface area contributed by atoms with Gasteiger partial charge in [0.2, 0.25) is 0 Å². The summed E-state index contributed by atoms with van der Waals surface area (Å²) in [7, 11) is 0. The number of carbonyl (C=O) groups is 1. The minimum Gasteiger partial charge on any atom is -0.494 e. The molecule has 0 aliphatic rings. The quantitative estimate of drug-likeness (QED) is 0.173. The van der Waals surface area contributed by atoms with Gasteiger partial charge in [-0.3, -0.25) is 9.36 Å². The Bertz CT molecular complexity index is 1300. The van der Waals surface area contributed by atoms with Crippen molar-refractivity contribution in [3.05, 3.63) is 83.8 Å². The van der Waals surface area contributed by atoms with E-state index in [1.807, 2.05) is 54.0 Å². The van der Waals surface area contributed by atoms with Crippen molar-refractivity contribution in [2.24, 2.45) is 5.10 Å². The van der Waals surface area contributed by atoms with E-state index in [0.29, 0.717) is 28.4 Å². The molecule has 0 aliphatic heterocycles. The van der Waals surface area contributed by atoms with Gasteiger partial charge in [0.05, 0.1) is 18.6 Å². The first-order valence-corrected chi connectivity index (χ1v) is 12.1. The summed E-state index contributed by atoms with van der Waals surface area (Å²) in [6.45, 7) is 2.52. The normalized spacial score (nSPS) is 11.4. The molecule has 0 atom stereocenters. The fourth-order valence-electron chi connectivity index (χ4n) is 3.08. The topological polar surface area (TPSA) is 94.5 Å².